The first-order valence-electron chi connectivity index (χ1n) is 5.68. The predicted octanol–water partition coefficient (Wildman–Crippen LogP) is 2.18. The molecule has 0 aliphatic heterocycles. The minimum atomic E-state index is -0.728. The summed E-state index contributed by atoms with van der Waals surface area (Å²) in [6.45, 7) is 0. The molecular formula is C13H16O3. The maximum atomic E-state index is 11.7. The van der Waals surface area contributed by atoms with Crippen LogP contribution in [-0.2, 0) is 4.79 Å². The average Bonchev–Trinajstić information content (AvgIpc) is 2.30. The smallest absolute Gasteiger partial charge is 0.138 e. The molecule has 1 fully saturated rings. The van der Waals surface area contributed by atoms with Crippen molar-refractivity contribution in [3.8, 4) is 5.75 Å². The largest absolute Gasteiger partial charge is 0.508 e. The number of benzene rings is 1. The van der Waals surface area contributed by atoms with Gasteiger partial charge in [0.2, 0.25) is 0 Å². The highest BCUT2D eigenvalue weighted by Crippen LogP contribution is 2.32. The molecule has 1 aliphatic carbocycles. The zero-order valence-corrected chi connectivity index (χ0v) is 9.10. The minimum absolute atomic E-state index is 0.159. The number of aliphatic hydroxyl groups excluding tert-OH is 1. The molecule has 16 heavy (non-hydrogen) atoms. The maximum Gasteiger partial charge on any atom is 0.138 e. The van der Waals surface area contributed by atoms with Gasteiger partial charge in [-0.1, -0.05) is 18.6 Å². The Labute approximate surface area is 94.7 Å². The highest BCUT2D eigenvalue weighted by atomic mass is 16.3. The molecule has 0 unspecified atom stereocenters. The summed E-state index contributed by atoms with van der Waals surface area (Å²) in [5.41, 5.74) is 0.707. The number of carbonyl (C=O) groups excluding carboxylic acids is 1. The van der Waals surface area contributed by atoms with Crippen molar-refractivity contribution in [1.82, 2.24) is 0 Å². The normalized spacial score (nSPS) is 23.1. The standard InChI is InChI=1S/C13H16O3/c14-10-7-5-9(6-8-10)13(16)11-3-1-2-4-12(11)15/h5-8,11,13-14,16H,1-4H2/t11-,13-/m0/s1. The third-order valence-corrected chi connectivity index (χ3v) is 3.22. The molecule has 3 heteroatoms. The number of carbonyl (C=O) groups is 1. The first-order valence-corrected chi connectivity index (χ1v) is 5.68. The summed E-state index contributed by atoms with van der Waals surface area (Å²) in [4.78, 5) is 11.7. The highest BCUT2D eigenvalue weighted by Gasteiger charge is 2.29. The van der Waals surface area contributed by atoms with Crippen molar-refractivity contribution >= 4 is 5.78 Å². The van der Waals surface area contributed by atoms with Gasteiger partial charge in [-0.15, -0.1) is 0 Å². The van der Waals surface area contributed by atoms with E-state index in [2.05, 4.69) is 0 Å². The van der Waals surface area contributed by atoms with Gasteiger partial charge in [0.05, 0.1) is 6.10 Å². The van der Waals surface area contributed by atoms with Gasteiger partial charge < -0.3 is 10.2 Å². The zero-order chi connectivity index (χ0) is 11.5. The van der Waals surface area contributed by atoms with E-state index in [4.69, 9.17) is 5.11 Å². The Hall–Kier alpha value is -1.35. The van der Waals surface area contributed by atoms with E-state index in [1.54, 1.807) is 12.1 Å². The molecule has 1 aromatic carbocycles. The molecule has 3 nitrogen and oxygen atoms in total. The van der Waals surface area contributed by atoms with E-state index in [1.165, 1.54) is 12.1 Å². The number of rotatable bonds is 2. The Morgan fingerprint density at radius 3 is 2.50 bits per heavy atom. The van der Waals surface area contributed by atoms with Crippen LogP contribution in [0.4, 0.5) is 0 Å². The van der Waals surface area contributed by atoms with Gasteiger partial charge in [-0.3, -0.25) is 4.79 Å². The molecule has 0 spiro atoms. The van der Waals surface area contributed by atoms with Crippen LogP contribution >= 0.6 is 0 Å². The van der Waals surface area contributed by atoms with Crippen LogP contribution < -0.4 is 0 Å². The van der Waals surface area contributed by atoms with Gasteiger partial charge in [-0.2, -0.15) is 0 Å². The van der Waals surface area contributed by atoms with Gasteiger partial charge in [0, 0.05) is 12.3 Å². The first kappa shape index (κ1) is 11.1. The Morgan fingerprint density at radius 2 is 1.88 bits per heavy atom. The molecular weight excluding hydrogens is 204 g/mol. The molecule has 2 rings (SSSR count). The van der Waals surface area contributed by atoms with Crippen molar-refractivity contribution in [1.29, 1.82) is 0 Å². The second-order valence-electron chi connectivity index (χ2n) is 4.35. The molecule has 1 aromatic rings. The summed E-state index contributed by atoms with van der Waals surface area (Å²) in [7, 11) is 0. The molecule has 0 radical (unpaired) electrons. The van der Waals surface area contributed by atoms with Crippen LogP contribution in [0.25, 0.3) is 0 Å². The number of aliphatic hydroxyl groups is 1. The van der Waals surface area contributed by atoms with Crippen molar-refractivity contribution in [3.05, 3.63) is 29.8 Å². The summed E-state index contributed by atoms with van der Waals surface area (Å²) >= 11 is 0. The molecule has 0 saturated heterocycles. The average molecular weight is 220 g/mol. The summed E-state index contributed by atoms with van der Waals surface area (Å²) in [6.07, 6.45) is 2.57. The summed E-state index contributed by atoms with van der Waals surface area (Å²) < 4.78 is 0. The number of hydrogen-bond donors (Lipinski definition) is 2. The van der Waals surface area contributed by atoms with Gasteiger partial charge >= 0.3 is 0 Å². The Balaban J connectivity index is 2.14. The number of phenolic OH excluding ortho intramolecular Hbond substituents is 1. The molecule has 0 amide bonds. The molecule has 0 aromatic heterocycles. The van der Waals surface area contributed by atoms with Crippen molar-refractivity contribution in [2.75, 3.05) is 0 Å². The van der Waals surface area contributed by atoms with Crippen molar-refractivity contribution < 1.29 is 15.0 Å². The van der Waals surface area contributed by atoms with Crippen LogP contribution in [0.1, 0.15) is 37.4 Å². The fourth-order valence-corrected chi connectivity index (χ4v) is 2.25. The van der Waals surface area contributed by atoms with Crippen molar-refractivity contribution in [3.63, 3.8) is 0 Å². The fraction of sp³-hybridized carbons (Fsp3) is 0.462. The summed E-state index contributed by atoms with van der Waals surface area (Å²) in [6, 6.07) is 6.40. The zero-order valence-electron chi connectivity index (χ0n) is 9.10. The lowest BCUT2D eigenvalue weighted by Gasteiger charge is -2.25. The predicted molar refractivity (Wildman–Crippen MR) is 60.0 cm³/mol. The van der Waals surface area contributed by atoms with Crippen LogP contribution in [0.2, 0.25) is 0 Å². The van der Waals surface area contributed by atoms with Gasteiger partial charge in [-0.05, 0) is 30.5 Å². The topological polar surface area (TPSA) is 57.5 Å². The van der Waals surface area contributed by atoms with Crippen LogP contribution in [0, 0.1) is 5.92 Å². The van der Waals surface area contributed by atoms with E-state index in [-0.39, 0.29) is 17.5 Å². The third-order valence-electron chi connectivity index (χ3n) is 3.22. The lowest BCUT2D eigenvalue weighted by atomic mass is 9.82. The lowest BCUT2D eigenvalue weighted by molar-refractivity contribution is -0.128. The summed E-state index contributed by atoms with van der Waals surface area (Å²) in [5, 5.41) is 19.3. The van der Waals surface area contributed by atoms with Crippen molar-refractivity contribution in [2.24, 2.45) is 5.92 Å². The number of aromatic hydroxyl groups is 1. The molecule has 1 saturated carbocycles. The second kappa shape index (κ2) is 4.66. The van der Waals surface area contributed by atoms with Crippen LogP contribution in [0.5, 0.6) is 5.75 Å². The number of phenols is 1. The summed E-state index contributed by atoms with van der Waals surface area (Å²) in [5.74, 6) is 0.0658. The Kier molecular flexibility index (Phi) is 3.25. The van der Waals surface area contributed by atoms with E-state index in [9.17, 15) is 9.90 Å². The van der Waals surface area contributed by atoms with E-state index in [0.717, 1.165) is 19.3 Å². The van der Waals surface area contributed by atoms with Crippen LogP contribution in [0.3, 0.4) is 0 Å². The third kappa shape index (κ3) is 2.25. The molecule has 0 bridgehead atoms. The molecule has 1 aliphatic rings. The van der Waals surface area contributed by atoms with Crippen LogP contribution in [-0.4, -0.2) is 16.0 Å². The molecule has 2 atom stereocenters. The number of Topliss-reactive ketones (excluding diaryl/α,β-unsaturated/α-hetero) is 1. The molecule has 86 valence electrons. The van der Waals surface area contributed by atoms with Crippen LogP contribution in [0.15, 0.2) is 24.3 Å². The van der Waals surface area contributed by atoms with E-state index in [0.29, 0.717) is 12.0 Å². The van der Waals surface area contributed by atoms with Gasteiger partial charge in [-0.25, -0.2) is 0 Å². The molecule has 2 N–H and O–H groups in total. The Bertz CT molecular complexity index is 369. The SMILES string of the molecule is O=C1CCCC[C@@H]1[C@@H](O)c1ccc(O)cc1. The number of hydrogen-bond acceptors (Lipinski definition) is 3. The van der Waals surface area contributed by atoms with E-state index in [1.807, 2.05) is 0 Å². The maximum absolute atomic E-state index is 11.7. The monoisotopic (exact) mass is 220 g/mol. The first-order chi connectivity index (χ1) is 7.68. The van der Waals surface area contributed by atoms with Gasteiger partial charge in [0.15, 0.2) is 0 Å². The van der Waals surface area contributed by atoms with E-state index >= 15 is 0 Å². The number of ketones is 1. The minimum Gasteiger partial charge on any atom is -0.508 e. The van der Waals surface area contributed by atoms with E-state index < -0.39 is 6.10 Å². The Morgan fingerprint density at radius 1 is 1.19 bits per heavy atom. The highest BCUT2D eigenvalue weighted by molar-refractivity contribution is 5.82. The van der Waals surface area contributed by atoms with Crippen molar-refractivity contribution in [2.45, 2.75) is 31.8 Å². The molecule has 0 heterocycles. The lowest BCUT2D eigenvalue weighted by Crippen LogP contribution is -2.25. The fourth-order valence-electron chi connectivity index (χ4n) is 2.25. The quantitative estimate of drug-likeness (QED) is 0.803. The van der Waals surface area contributed by atoms with Gasteiger partial charge in [0.1, 0.15) is 11.5 Å². The second-order valence-corrected chi connectivity index (χ2v) is 4.35. The van der Waals surface area contributed by atoms with Gasteiger partial charge in [0.25, 0.3) is 0 Å².